The molecule has 0 aliphatic carbocycles. The smallest absolute Gasteiger partial charge is 0.242 e. The summed E-state index contributed by atoms with van der Waals surface area (Å²) in [5, 5.41) is 0.636. The minimum Gasteiger partial charge on any atom is -0.344 e. The van der Waals surface area contributed by atoms with Crippen LogP contribution in [-0.4, -0.2) is 88.5 Å². The summed E-state index contributed by atoms with van der Waals surface area (Å²) >= 11 is 6.20. The van der Waals surface area contributed by atoms with Crippen molar-refractivity contribution in [3.63, 3.8) is 0 Å². The summed E-state index contributed by atoms with van der Waals surface area (Å²) in [4.78, 5) is 28.9. The maximum atomic E-state index is 13.0. The third-order valence-corrected chi connectivity index (χ3v) is 6.10. The van der Waals surface area contributed by atoms with Crippen LogP contribution in [0.25, 0.3) is 22.6 Å². The van der Waals surface area contributed by atoms with Crippen LogP contribution < -0.4 is 0 Å². The molecule has 8 heteroatoms. The molecule has 31 heavy (non-hydrogen) atoms. The first-order valence-electron chi connectivity index (χ1n) is 10.7. The van der Waals surface area contributed by atoms with Crippen LogP contribution in [0.1, 0.15) is 6.42 Å². The lowest BCUT2D eigenvalue weighted by atomic mass is 10.2. The Morgan fingerprint density at radius 2 is 1.97 bits per heavy atom. The normalized spacial score (nSPS) is 15.5. The summed E-state index contributed by atoms with van der Waals surface area (Å²) < 4.78 is 1.89. The number of carbonyl (C=O) groups is 1. The van der Waals surface area contributed by atoms with Gasteiger partial charge in [0.15, 0.2) is 5.65 Å². The second kappa shape index (κ2) is 9.77. The van der Waals surface area contributed by atoms with E-state index in [1.807, 2.05) is 52.9 Å². The van der Waals surface area contributed by atoms with E-state index < -0.39 is 0 Å². The van der Waals surface area contributed by atoms with E-state index in [0.29, 0.717) is 16.5 Å². The largest absolute Gasteiger partial charge is 0.344 e. The molecule has 4 rings (SSSR count). The summed E-state index contributed by atoms with van der Waals surface area (Å²) in [6, 6.07) is 11.3. The third-order valence-electron chi connectivity index (χ3n) is 5.87. The molecule has 1 fully saturated rings. The van der Waals surface area contributed by atoms with Crippen LogP contribution in [0.5, 0.6) is 0 Å². The van der Waals surface area contributed by atoms with Crippen molar-refractivity contribution in [2.24, 2.45) is 0 Å². The molecule has 3 heterocycles. The molecule has 0 N–H and O–H groups in total. The third kappa shape index (κ3) is 5.23. The van der Waals surface area contributed by atoms with E-state index in [4.69, 9.17) is 16.6 Å². The fraction of sp³-hybridized carbons (Fsp3) is 0.435. The molecule has 1 saturated heterocycles. The van der Waals surface area contributed by atoms with Gasteiger partial charge in [0, 0.05) is 56.6 Å². The summed E-state index contributed by atoms with van der Waals surface area (Å²) in [5.41, 5.74) is 2.34. The number of aromatic nitrogens is 3. The number of imidazole rings is 1. The average Bonchev–Trinajstić information content (AvgIpc) is 3.13. The van der Waals surface area contributed by atoms with Gasteiger partial charge in [-0.2, -0.15) is 0 Å². The zero-order valence-electron chi connectivity index (χ0n) is 18.2. The Morgan fingerprint density at radius 1 is 1.16 bits per heavy atom. The predicted molar refractivity (Wildman–Crippen MR) is 124 cm³/mol. The van der Waals surface area contributed by atoms with Gasteiger partial charge in [0.25, 0.3) is 0 Å². The fourth-order valence-corrected chi connectivity index (χ4v) is 4.13. The molecular formula is C23H29ClN6O. The maximum absolute atomic E-state index is 13.0. The zero-order chi connectivity index (χ0) is 21.8. The molecule has 1 aliphatic rings. The fourth-order valence-electron chi connectivity index (χ4n) is 3.94. The number of amides is 1. The highest BCUT2D eigenvalue weighted by molar-refractivity contribution is 6.30. The van der Waals surface area contributed by atoms with Gasteiger partial charge in [-0.25, -0.2) is 9.97 Å². The first-order valence-corrected chi connectivity index (χ1v) is 11.1. The first-order chi connectivity index (χ1) is 15.0. The number of benzene rings is 1. The first kappa shape index (κ1) is 21.7. The topological polar surface area (TPSA) is 57.5 Å². The average molecular weight is 441 g/mol. The van der Waals surface area contributed by atoms with E-state index in [1.165, 1.54) is 0 Å². The van der Waals surface area contributed by atoms with Crippen molar-refractivity contribution in [1.82, 2.24) is 29.2 Å². The van der Waals surface area contributed by atoms with E-state index in [-0.39, 0.29) is 12.5 Å². The Hall–Kier alpha value is -2.48. The minimum atomic E-state index is 0.0478. The van der Waals surface area contributed by atoms with E-state index >= 15 is 0 Å². The SMILES string of the molecule is CN1CCN(CCCN(C)C(=O)Cn2c(-c3cccc(Cl)c3)nc3cccnc32)CC1. The van der Waals surface area contributed by atoms with Crippen LogP contribution in [0.3, 0.4) is 0 Å². The highest BCUT2D eigenvalue weighted by Crippen LogP contribution is 2.26. The number of rotatable bonds is 7. The standard InChI is InChI=1S/C23H29ClN6O/c1-27-12-14-29(15-13-27)11-5-10-28(2)21(31)17-30-22(18-6-3-7-19(24)16-18)26-20-8-4-9-25-23(20)30/h3-4,6-9,16H,5,10-15,17H2,1-2H3. The molecule has 2 aromatic heterocycles. The Labute approximate surface area is 188 Å². The molecule has 1 amide bonds. The molecule has 1 aliphatic heterocycles. The van der Waals surface area contributed by atoms with Gasteiger partial charge in [0.05, 0.1) is 0 Å². The number of halogens is 1. The van der Waals surface area contributed by atoms with Crippen molar-refractivity contribution in [1.29, 1.82) is 0 Å². The number of hydrogen-bond acceptors (Lipinski definition) is 5. The van der Waals surface area contributed by atoms with Gasteiger partial charge < -0.3 is 14.7 Å². The van der Waals surface area contributed by atoms with Crippen LogP contribution >= 0.6 is 11.6 Å². The Balaban J connectivity index is 1.44. The lowest BCUT2D eigenvalue weighted by Crippen LogP contribution is -2.45. The minimum absolute atomic E-state index is 0.0478. The van der Waals surface area contributed by atoms with E-state index in [1.54, 1.807) is 6.20 Å². The van der Waals surface area contributed by atoms with Gasteiger partial charge >= 0.3 is 0 Å². The summed E-state index contributed by atoms with van der Waals surface area (Å²) in [6.07, 6.45) is 2.70. The maximum Gasteiger partial charge on any atom is 0.242 e. The lowest BCUT2D eigenvalue weighted by Gasteiger charge is -2.32. The van der Waals surface area contributed by atoms with Gasteiger partial charge in [-0.3, -0.25) is 9.36 Å². The van der Waals surface area contributed by atoms with Gasteiger partial charge in [-0.1, -0.05) is 23.7 Å². The molecule has 7 nitrogen and oxygen atoms in total. The number of likely N-dealkylation sites (N-methyl/N-ethyl adjacent to an activating group) is 2. The second-order valence-electron chi connectivity index (χ2n) is 8.19. The molecule has 0 radical (unpaired) electrons. The number of piperazine rings is 1. The number of hydrogen-bond donors (Lipinski definition) is 0. The van der Waals surface area contributed by atoms with Gasteiger partial charge in [0.1, 0.15) is 17.9 Å². The van der Waals surface area contributed by atoms with Gasteiger partial charge in [-0.15, -0.1) is 0 Å². The summed E-state index contributed by atoms with van der Waals surface area (Å²) in [5.74, 6) is 0.752. The molecule has 0 unspecified atom stereocenters. The quantitative estimate of drug-likeness (QED) is 0.565. The molecular weight excluding hydrogens is 412 g/mol. The number of pyridine rings is 1. The predicted octanol–water partition coefficient (Wildman–Crippen LogP) is 2.85. The monoisotopic (exact) mass is 440 g/mol. The van der Waals surface area contributed by atoms with Crippen LogP contribution in [0.15, 0.2) is 42.6 Å². The van der Waals surface area contributed by atoms with Crippen molar-refractivity contribution in [3.8, 4) is 11.4 Å². The van der Waals surface area contributed by atoms with Crippen molar-refractivity contribution >= 4 is 28.7 Å². The van der Waals surface area contributed by atoms with E-state index in [0.717, 1.165) is 56.8 Å². The number of carbonyl (C=O) groups excluding carboxylic acids is 1. The Morgan fingerprint density at radius 3 is 2.74 bits per heavy atom. The molecule has 0 bridgehead atoms. The highest BCUT2D eigenvalue weighted by Gasteiger charge is 2.19. The lowest BCUT2D eigenvalue weighted by molar-refractivity contribution is -0.130. The summed E-state index contributed by atoms with van der Waals surface area (Å²) in [7, 11) is 4.04. The molecule has 0 spiro atoms. The number of fused-ring (bicyclic) bond motifs is 1. The van der Waals surface area contributed by atoms with Crippen molar-refractivity contribution < 1.29 is 4.79 Å². The molecule has 0 atom stereocenters. The van der Waals surface area contributed by atoms with Crippen LogP contribution in [0.4, 0.5) is 0 Å². The van der Waals surface area contributed by atoms with E-state index in [9.17, 15) is 4.79 Å². The van der Waals surface area contributed by atoms with Crippen molar-refractivity contribution in [2.75, 3.05) is 53.4 Å². The van der Waals surface area contributed by atoms with Gasteiger partial charge in [-0.05, 0) is 44.3 Å². The van der Waals surface area contributed by atoms with E-state index in [2.05, 4.69) is 21.8 Å². The molecule has 164 valence electrons. The van der Waals surface area contributed by atoms with Crippen LogP contribution in [-0.2, 0) is 11.3 Å². The van der Waals surface area contributed by atoms with Crippen LogP contribution in [0.2, 0.25) is 5.02 Å². The van der Waals surface area contributed by atoms with Crippen molar-refractivity contribution in [3.05, 3.63) is 47.6 Å². The Bertz CT molecular complexity index is 1040. The molecule has 1 aromatic carbocycles. The molecule has 0 saturated carbocycles. The van der Waals surface area contributed by atoms with Gasteiger partial charge in [0.2, 0.25) is 5.91 Å². The second-order valence-corrected chi connectivity index (χ2v) is 8.63. The highest BCUT2D eigenvalue weighted by atomic mass is 35.5. The Kier molecular flexibility index (Phi) is 6.85. The zero-order valence-corrected chi connectivity index (χ0v) is 18.9. The van der Waals surface area contributed by atoms with Crippen molar-refractivity contribution in [2.45, 2.75) is 13.0 Å². The molecule has 3 aromatic rings. The number of nitrogens with zero attached hydrogens (tertiary/aromatic N) is 6. The summed E-state index contributed by atoms with van der Waals surface area (Å²) in [6.45, 7) is 6.38. The van der Waals surface area contributed by atoms with Crippen LogP contribution in [0, 0.1) is 0 Å².